The third-order valence-electron chi connectivity index (χ3n) is 3.97. The van der Waals surface area contributed by atoms with Crippen molar-refractivity contribution >= 4 is 5.91 Å². The van der Waals surface area contributed by atoms with Gasteiger partial charge < -0.3 is 10.5 Å². The molecule has 2 N–H and O–H groups in total. The maximum absolute atomic E-state index is 13.1. The number of amides is 1. The summed E-state index contributed by atoms with van der Waals surface area (Å²) < 4.78 is 18.6. The standard InChI is InChI=1S/C15H21FN2O2/c1-10-8-18(9-15(17)19)13(7-14(10)20-2)11-3-5-12(16)6-4-11/h3-6,10,13-14H,7-9H2,1-2H3,(H2,17,19). The zero-order valence-corrected chi connectivity index (χ0v) is 11.9. The van der Waals surface area contributed by atoms with Gasteiger partial charge in [0.2, 0.25) is 5.91 Å². The topological polar surface area (TPSA) is 55.6 Å². The van der Waals surface area contributed by atoms with Crippen molar-refractivity contribution in [3.63, 3.8) is 0 Å². The second-order valence-electron chi connectivity index (χ2n) is 5.45. The Morgan fingerprint density at radius 1 is 1.45 bits per heavy atom. The highest BCUT2D eigenvalue weighted by molar-refractivity contribution is 5.76. The highest BCUT2D eigenvalue weighted by atomic mass is 19.1. The quantitative estimate of drug-likeness (QED) is 0.913. The van der Waals surface area contributed by atoms with Crippen molar-refractivity contribution < 1.29 is 13.9 Å². The Labute approximate surface area is 118 Å². The van der Waals surface area contributed by atoms with Gasteiger partial charge >= 0.3 is 0 Å². The fourth-order valence-corrected chi connectivity index (χ4v) is 2.95. The number of carbonyl (C=O) groups excluding carboxylic acids is 1. The zero-order valence-electron chi connectivity index (χ0n) is 11.9. The molecule has 0 aliphatic carbocycles. The summed E-state index contributed by atoms with van der Waals surface area (Å²) in [6.07, 6.45) is 0.908. The molecule has 0 spiro atoms. The van der Waals surface area contributed by atoms with Gasteiger partial charge in [0, 0.05) is 19.7 Å². The van der Waals surface area contributed by atoms with E-state index in [0.717, 1.165) is 18.5 Å². The Bertz CT molecular complexity index is 463. The molecule has 1 saturated heterocycles. The van der Waals surface area contributed by atoms with Crippen molar-refractivity contribution in [2.75, 3.05) is 20.2 Å². The molecule has 1 aromatic rings. The highest BCUT2D eigenvalue weighted by Gasteiger charge is 2.34. The summed E-state index contributed by atoms with van der Waals surface area (Å²) in [5.74, 6) is -0.279. The fourth-order valence-electron chi connectivity index (χ4n) is 2.95. The van der Waals surface area contributed by atoms with Crippen molar-refractivity contribution in [3.05, 3.63) is 35.6 Å². The summed E-state index contributed by atoms with van der Waals surface area (Å²) in [6, 6.07) is 6.44. The molecule has 1 heterocycles. The van der Waals surface area contributed by atoms with E-state index in [0.29, 0.717) is 5.92 Å². The third kappa shape index (κ3) is 3.35. The summed E-state index contributed by atoms with van der Waals surface area (Å²) in [7, 11) is 1.70. The molecule has 2 rings (SSSR count). The van der Waals surface area contributed by atoms with Crippen LogP contribution >= 0.6 is 0 Å². The van der Waals surface area contributed by atoms with Gasteiger partial charge in [-0.05, 0) is 30.0 Å². The Morgan fingerprint density at radius 2 is 2.10 bits per heavy atom. The molecule has 20 heavy (non-hydrogen) atoms. The van der Waals surface area contributed by atoms with Gasteiger partial charge in [-0.1, -0.05) is 19.1 Å². The molecule has 4 nitrogen and oxygen atoms in total. The number of hydrogen-bond donors (Lipinski definition) is 1. The Hall–Kier alpha value is -1.46. The molecule has 1 aliphatic rings. The molecular formula is C15H21FN2O2. The molecule has 1 amide bonds. The van der Waals surface area contributed by atoms with Crippen LogP contribution < -0.4 is 5.73 Å². The SMILES string of the molecule is COC1CC(c2ccc(F)cc2)N(CC(N)=O)CC1C. The van der Waals surface area contributed by atoms with Gasteiger partial charge in [-0.25, -0.2) is 4.39 Å². The summed E-state index contributed by atoms with van der Waals surface area (Å²) in [4.78, 5) is 13.3. The molecule has 0 radical (unpaired) electrons. The number of methoxy groups -OCH3 is 1. The Kier molecular flexibility index (Phi) is 4.73. The van der Waals surface area contributed by atoms with Crippen molar-refractivity contribution in [1.82, 2.24) is 4.90 Å². The second-order valence-corrected chi connectivity index (χ2v) is 5.45. The van der Waals surface area contributed by atoms with Gasteiger partial charge in [0.1, 0.15) is 5.82 Å². The smallest absolute Gasteiger partial charge is 0.231 e. The minimum atomic E-state index is -0.347. The molecule has 0 saturated carbocycles. The average molecular weight is 280 g/mol. The molecule has 5 heteroatoms. The highest BCUT2D eigenvalue weighted by Crippen LogP contribution is 2.34. The molecule has 3 atom stereocenters. The summed E-state index contributed by atoms with van der Waals surface area (Å²) in [5, 5.41) is 0. The first-order valence-electron chi connectivity index (χ1n) is 6.82. The van der Waals surface area contributed by atoms with Gasteiger partial charge in [-0.2, -0.15) is 0 Å². The molecule has 3 unspecified atom stereocenters. The van der Waals surface area contributed by atoms with Crippen LogP contribution in [0.25, 0.3) is 0 Å². The van der Waals surface area contributed by atoms with Crippen LogP contribution in [-0.2, 0) is 9.53 Å². The molecule has 110 valence electrons. The monoisotopic (exact) mass is 280 g/mol. The van der Waals surface area contributed by atoms with Crippen LogP contribution in [0.5, 0.6) is 0 Å². The van der Waals surface area contributed by atoms with Crippen LogP contribution in [-0.4, -0.2) is 37.1 Å². The number of halogens is 1. The van der Waals surface area contributed by atoms with Crippen LogP contribution in [0.3, 0.4) is 0 Å². The number of carbonyl (C=O) groups is 1. The van der Waals surface area contributed by atoms with E-state index in [1.54, 1.807) is 19.2 Å². The number of nitrogens with two attached hydrogens (primary N) is 1. The molecule has 1 fully saturated rings. The summed E-state index contributed by atoms with van der Waals surface area (Å²) in [6.45, 7) is 3.05. The lowest BCUT2D eigenvalue weighted by atomic mass is 9.87. The lowest BCUT2D eigenvalue weighted by Crippen LogP contribution is -2.47. The van der Waals surface area contributed by atoms with Crippen LogP contribution in [0, 0.1) is 11.7 Å². The summed E-state index contributed by atoms with van der Waals surface area (Å²) in [5.41, 5.74) is 6.32. The van der Waals surface area contributed by atoms with Gasteiger partial charge in [0.05, 0.1) is 12.6 Å². The third-order valence-corrected chi connectivity index (χ3v) is 3.97. The van der Waals surface area contributed by atoms with E-state index >= 15 is 0 Å². The molecule has 1 aliphatic heterocycles. The van der Waals surface area contributed by atoms with Gasteiger partial charge in [-0.15, -0.1) is 0 Å². The fraction of sp³-hybridized carbons (Fsp3) is 0.533. The maximum atomic E-state index is 13.1. The maximum Gasteiger partial charge on any atom is 0.231 e. The number of primary amides is 1. The zero-order chi connectivity index (χ0) is 14.7. The Balaban J connectivity index is 2.23. The largest absolute Gasteiger partial charge is 0.381 e. The van der Waals surface area contributed by atoms with E-state index < -0.39 is 0 Å². The van der Waals surface area contributed by atoms with Crippen molar-refractivity contribution in [3.8, 4) is 0 Å². The number of nitrogens with zero attached hydrogens (tertiary/aromatic N) is 1. The van der Waals surface area contributed by atoms with Crippen LogP contribution in [0.15, 0.2) is 24.3 Å². The van der Waals surface area contributed by atoms with Crippen molar-refractivity contribution in [2.24, 2.45) is 11.7 Å². The van der Waals surface area contributed by atoms with Crippen molar-refractivity contribution in [1.29, 1.82) is 0 Å². The van der Waals surface area contributed by atoms with Crippen LogP contribution in [0.1, 0.15) is 24.9 Å². The number of hydrogen-bond acceptors (Lipinski definition) is 3. The van der Waals surface area contributed by atoms with E-state index in [1.807, 2.05) is 0 Å². The number of ether oxygens (including phenoxy) is 1. The van der Waals surface area contributed by atoms with E-state index in [2.05, 4.69) is 11.8 Å². The molecule has 1 aromatic carbocycles. The number of rotatable bonds is 4. The van der Waals surface area contributed by atoms with E-state index in [-0.39, 0.29) is 30.4 Å². The average Bonchev–Trinajstić information content (AvgIpc) is 2.40. The van der Waals surface area contributed by atoms with Gasteiger partial charge in [-0.3, -0.25) is 9.69 Å². The minimum absolute atomic E-state index is 0.0317. The van der Waals surface area contributed by atoms with E-state index in [9.17, 15) is 9.18 Å². The van der Waals surface area contributed by atoms with Crippen molar-refractivity contribution in [2.45, 2.75) is 25.5 Å². The van der Waals surface area contributed by atoms with Crippen LogP contribution in [0.2, 0.25) is 0 Å². The molecular weight excluding hydrogens is 259 g/mol. The van der Waals surface area contributed by atoms with Gasteiger partial charge in [0.15, 0.2) is 0 Å². The first-order valence-corrected chi connectivity index (χ1v) is 6.82. The van der Waals surface area contributed by atoms with Crippen LogP contribution in [0.4, 0.5) is 4.39 Å². The number of piperidine rings is 1. The number of likely N-dealkylation sites (tertiary alicyclic amines) is 1. The van der Waals surface area contributed by atoms with Gasteiger partial charge in [0.25, 0.3) is 0 Å². The van der Waals surface area contributed by atoms with E-state index in [4.69, 9.17) is 10.5 Å². The minimum Gasteiger partial charge on any atom is -0.381 e. The predicted molar refractivity (Wildman–Crippen MR) is 74.5 cm³/mol. The van der Waals surface area contributed by atoms with E-state index in [1.165, 1.54) is 12.1 Å². The Morgan fingerprint density at radius 3 is 2.65 bits per heavy atom. The molecule has 0 aromatic heterocycles. The molecule has 0 bridgehead atoms. The summed E-state index contributed by atoms with van der Waals surface area (Å²) >= 11 is 0. The normalized spacial score (nSPS) is 27.4. The predicted octanol–water partition coefficient (Wildman–Crippen LogP) is 1.71. The first kappa shape index (κ1) is 14.9. The lowest BCUT2D eigenvalue weighted by Gasteiger charge is -2.42. The second kappa shape index (κ2) is 6.33. The number of benzene rings is 1. The lowest BCUT2D eigenvalue weighted by molar-refractivity contribution is -0.121. The first-order chi connectivity index (χ1) is 9.51.